The van der Waals surface area contributed by atoms with Crippen molar-refractivity contribution in [1.82, 2.24) is 0 Å². The fraction of sp³-hybridized carbons (Fsp3) is 1.00. The highest BCUT2D eigenvalue weighted by molar-refractivity contribution is 14.1. The first-order chi connectivity index (χ1) is 3.18. The summed E-state index contributed by atoms with van der Waals surface area (Å²) in [6.45, 7) is 4.04. The van der Waals surface area contributed by atoms with E-state index in [1.807, 2.05) is 13.7 Å². The molecule has 0 aromatic carbocycles. The molecule has 0 spiro atoms. The molecule has 1 atom stereocenters. The zero-order chi connectivity index (χ0) is 5.86. The van der Waals surface area contributed by atoms with Crippen molar-refractivity contribution in [2.24, 2.45) is 0 Å². The van der Waals surface area contributed by atoms with Crippen LogP contribution >= 0.6 is 22.4 Å². The molecular weight excluding hydrogens is 195 g/mol. The third-order valence-corrected chi connectivity index (χ3v) is 2.67. The minimum atomic E-state index is 0.297. The highest BCUT2D eigenvalue weighted by atomic mass is 127. The Balaban J connectivity index is 3.14. The Hall–Kier alpha value is 0.925. The van der Waals surface area contributed by atoms with Gasteiger partial charge < -0.3 is 0 Å². The molecule has 0 fully saturated rings. The summed E-state index contributed by atoms with van der Waals surface area (Å²) in [5.74, 6) is 0. The maximum absolute atomic E-state index is 5.51. The molecule has 0 aromatic heterocycles. The number of hydrogen-bond donors (Lipinski definition) is 0. The summed E-state index contributed by atoms with van der Waals surface area (Å²) in [7, 11) is 7.61. The molecule has 7 heavy (non-hydrogen) atoms. The Morgan fingerprint density at radius 1 is 1.86 bits per heavy atom. The Morgan fingerprint density at radius 3 is 2.29 bits per heavy atom. The van der Waals surface area contributed by atoms with Crippen LogP contribution in [0.15, 0.2) is 0 Å². The van der Waals surface area contributed by atoms with Crippen molar-refractivity contribution in [2.75, 3.05) is 0 Å². The summed E-state index contributed by atoms with van der Waals surface area (Å²) in [5.41, 5.74) is 0.297. The molecule has 0 N–H and O–H groups in total. The van der Waals surface area contributed by atoms with E-state index in [0.717, 1.165) is 0 Å². The SMILES string of the molecule is [B]C(C)B(I)[B]C. The van der Waals surface area contributed by atoms with Crippen LogP contribution in [-0.4, -0.2) is 19.5 Å². The van der Waals surface area contributed by atoms with E-state index in [-0.39, 0.29) is 0 Å². The normalized spacial score (nSPS) is 13.0. The molecule has 35 valence electrons. The van der Waals surface area contributed by atoms with E-state index < -0.39 is 0 Å². The molecule has 0 saturated heterocycles. The fourth-order valence-electron chi connectivity index (χ4n) is 0.304. The van der Waals surface area contributed by atoms with Gasteiger partial charge in [-0.25, -0.2) is 0 Å². The second-order valence-corrected chi connectivity index (χ2v) is 3.08. The lowest BCUT2D eigenvalue weighted by Gasteiger charge is -2.03. The zero-order valence-electron chi connectivity index (χ0n) is 4.69. The van der Waals surface area contributed by atoms with Crippen molar-refractivity contribution in [3.05, 3.63) is 0 Å². The van der Waals surface area contributed by atoms with Crippen LogP contribution in [0.5, 0.6) is 0 Å². The van der Waals surface area contributed by atoms with Crippen LogP contribution in [0.25, 0.3) is 0 Å². The molecule has 0 heterocycles. The monoisotopic (exact) mass is 203 g/mol. The van der Waals surface area contributed by atoms with Crippen molar-refractivity contribution in [3.63, 3.8) is 0 Å². The second-order valence-electron chi connectivity index (χ2n) is 1.64. The van der Waals surface area contributed by atoms with Gasteiger partial charge in [0.1, 0.15) is 0 Å². The van der Waals surface area contributed by atoms with E-state index in [0.29, 0.717) is 10.2 Å². The van der Waals surface area contributed by atoms with Gasteiger partial charge in [0.15, 0.2) is 4.46 Å². The van der Waals surface area contributed by atoms with Crippen LogP contribution in [0.2, 0.25) is 12.5 Å². The molecule has 0 rings (SSSR count). The maximum Gasteiger partial charge on any atom is 0.171 e. The van der Waals surface area contributed by atoms with Gasteiger partial charge in [0.25, 0.3) is 0 Å². The lowest BCUT2D eigenvalue weighted by molar-refractivity contribution is 1.35. The smallest absolute Gasteiger partial charge is 0.161 e. The molecule has 0 amide bonds. The average molecular weight is 202 g/mol. The summed E-state index contributed by atoms with van der Waals surface area (Å²) in [6, 6.07) is 0. The van der Waals surface area contributed by atoms with Gasteiger partial charge >= 0.3 is 0 Å². The van der Waals surface area contributed by atoms with Crippen LogP contribution < -0.4 is 0 Å². The Labute approximate surface area is 61.4 Å². The highest BCUT2D eigenvalue weighted by Crippen LogP contribution is 2.07. The molecule has 0 bridgehead atoms. The third-order valence-electron chi connectivity index (χ3n) is 0.821. The largest absolute Gasteiger partial charge is 0.171 e. The van der Waals surface area contributed by atoms with Gasteiger partial charge in [0.05, 0.1) is 15.0 Å². The third kappa shape index (κ3) is 3.50. The van der Waals surface area contributed by atoms with E-state index in [9.17, 15) is 0 Å². The number of halogens is 1. The molecule has 0 saturated carbocycles. The van der Waals surface area contributed by atoms with Crippen LogP contribution in [0.1, 0.15) is 6.92 Å². The van der Waals surface area contributed by atoms with E-state index in [1.165, 1.54) is 0 Å². The molecular formula is C3H7B3I. The summed E-state index contributed by atoms with van der Waals surface area (Å²) in [5, 5.41) is 0. The Morgan fingerprint density at radius 2 is 2.29 bits per heavy atom. The van der Waals surface area contributed by atoms with Gasteiger partial charge in [0.2, 0.25) is 0 Å². The fourth-order valence-corrected chi connectivity index (χ4v) is 0.304. The molecule has 3 radical (unpaired) electrons. The molecule has 0 aromatic rings. The maximum atomic E-state index is 5.51. The first-order valence-electron chi connectivity index (χ1n) is 2.37. The van der Waals surface area contributed by atoms with Crippen molar-refractivity contribution in [2.45, 2.75) is 19.5 Å². The average Bonchev–Trinajstić information content (AvgIpc) is 1.65. The Bertz CT molecular complexity index is 47.4. The van der Waals surface area contributed by atoms with Crippen LogP contribution in [0.3, 0.4) is 0 Å². The van der Waals surface area contributed by atoms with Gasteiger partial charge in [-0.15, -0.1) is 0 Å². The molecule has 0 aliphatic heterocycles. The van der Waals surface area contributed by atoms with Gasteiger partial charge in [0, 0.05) is 0 Å². The zero-order valence-corrected chi connectivity index (χ0v) is 6.84. The lowest BCUT2D eigenvalue weighted by atomic mass is 9.31. The van der Waals surface area contributed by atoms with Crippen LogP contribution in [0, 0.1) is 0 Å². The van der Waals surface area contributed by atoms with E-state index >= 15 is 0 Å². The summed E-state index contributed by atoms with van der Waals surface area (Å²) in [4.78, 5) is 0. The first kappa shape index (κ1) is 7.92. The topological polar surface area (TPSA) is 0 Å². The summed E-state index contributed by atoms with van der Waals surface area (Å²) >= 11 is 2.31. The Kier molecular flexibility index (Phi) is 4.38. The van der Waals surface area contributed by atoms with Gasteiger partial charge in [-0.1, -0.05) is 19.5 Å². The van der Waals surface area contributed by atoms with Gasteiger partial charge in [-0.2, -0.15) is 22.4 Å². The van der Waals surface area contributed by atoms with E-state index in [1.54, 1.807) is 0 Å². The first-order valence-corrected chi connectivity index (χ1v) is 3.62. The summed E-state index contributed by atoms with van der Waals surface area (Å²) in [6.07, 6.45) is 0. The molecule has 0 aliphatic rings. The van der Waals surface area contributed by atoms with Crippen LogP contribution in [0.4, 0.5) is 0 Å². The highest BCUT2D eigenvalue weighted by Gasteiger charge is 2.09. The van der Waals surface area contributed by atoms with Gasteiger partial charge in [-0.05, 0) is 0 Å². The minimum absolute atomic E-state index is 0.297. The number of hydrogen-bond acceptors (Lipinski definition) is 0. The lowest BCUT2D eigenvalue weighted by Crippen LogP contribution is -2.16. The van der Waals surface area contributed by atoms with Crippen molar-refractivity contribution in [3.8, 4) is 0 Å². The predicted molar refractivity (Wildman–Crippen MR) is 46.6 cm³/mol. The van der Waals surface area contributed by atoms with Crippen molar-refractivity contribution < 1.29 is 0 Å². The van der Waals surface area contributed by atoms with E-state index in [2.05, 4.69) is 29.5 Å². The quantitative estimate of drug-likeness (QED) is 0.466. The minimum Gasteiger partial charge on any atom is -0.161 e. The second kappa shape index (κ2) is 3.87. The van der Waals surface area contributed by atoms with E-state index in [4.69, 9.17) is 7.85 Å². The standard InChI is InChI=1S/C3H7B3I/c1-3(4)6(7)5-2/h3H,1-2H3. The summed E-state index contributed by atoms with van der Waals surface area (Å²) < 4.78 is 0.526. The molecule has 4 heteroatoms. The van der Waals surface area contributed by atoms with Crippen molar-refractivity contribution in [1.29, 1.82) is 0 Å². The molecule has 1 unspecified atom stereocenters. The number of rotatable bonds is 2. The molecule has 0 nitrogen and oxygen atoms in total. The van der Waals surface area contributed by atoms with Crippen molar-refractivity contribution >= 4 is 41.9 Å². The molecule has 0 aliphatic carbocycles. The predicted octanol–water partition coefficient (Wildman–Crippen LogP) is 1.18. The van der Waals surface area contributed by atoms with Gasteiger partial charge in [-0.3, -0.25) is 0 Å². The van der Waals surface area contributed by atoms with Crippen LogP contribution in [-0.2, 0) is 0 Å².